The highest BCUT2D eigenvalue weighted by atomic mass is 16.5. The van der Waals surface area contributed by atoms with Crippen molar-refractivity contribution in [1.82, 2.24) is 4.90 Å². The van der Waals surface area contributed by atoms with Crippen molar-refractivity contribution in [3.8, 4) is 5.75 Å². The summed E-state index contributed by atoms with van der Waals surface area (Å²) in [5, 5.41) is 12.3. The van der Waals surface area contributed by atoms with Crippen LogP contribution < -0.4 is 9.64 Å². The summed E-state index contributed by atoms with van der Waals surface area (Å²) < 4.78 is 6.98. The van der Waals surface area contributed by atoms with Gasteiger partial charge in [0.05, 0.1) is 17.7 Å². The van der Waals surface area contributed by atoms with Crippen molar-refractivity contribution in [2.45, 2.75) is 51.4 Å². The van der Waals surface area contributed by atoms with E-state index in [1.807, 2.05) is 6.21 Å². The molecule has 166 valence electrons. The van der Waals surface area contributed by atoms with Crippen LogP contribution in [0.15, 0.2) is 58.7 Å². The van der Waals surface area contributed by atoms with Crippen LogP contribution in [0.3, 0.4) is 0 Å². The topological polar surface area (TPSA) is 48.3 Å². The maximum Gasteiger partial charge on any atom is 0.228 e. The lowest BCUT2D eigenvalue weighted by Gasteiger charge is -2.44. The number of nitrogens with zero attached hydrogens (tertiary/aromatic N) is 3. The second-order valence-electron chi connectivity index (χ2n) is 10.0. The number of allylic oxidation sites excluding steroid dienone is 3. The van der Waals surface area contributed by atoms with Crippen LogP contribution in [0.1, 0.15) is 39.5 Å². The van der Waals surface area contributed by atoms with Crippen LogP contribution >= 0.6 is 0 Å². The van der Waals surface area contributed by atoms with Crippen LogP contribution in [0.2, 0.25) is 0 Å². The molecule has 0 radical (unpaired) electrons. The first-order valence-corrected chi connectivity index (χ1v) is 11.8. The Hall–Kier alpha value is -2.79. The molecule has 0 saturated carbocycles. The van der Waals surface area contributed by atoms with Gasteiger partial charge in [0.2, 0.25) is 5.72 Å². The normalized spacial score (nSPS) is 26.6. The molecule has 1 spiro atoms. The molecule has 2 aromatic rings. The highest BCUT2D eigenvalue weighted by Gasteiger charge is 2.60. The zero-order valence-electron chi connectivity index (χ0n) is 19.1. The van der Waals surface area contributed by atoms with E-state index < -0.39 is 5.72 Å². The van der Waals surface area contributed by atoms with Gasteiger partial charge in [-0.15, -0.1) is 0 Å². The molecule has 1 N–H and O–H groups in total. The predicted octanol–water partition coefficient (Wildman–Crippen LogP) is 5.17. The Balaban J connectivity index is 1.51. The van der Waals surface area contributed by atoms with Crippen LogP contribution in [0.5, 0.6) is 5.75 Å². The molecule has 1 atom stereocenters. The SMILES string of the molecule is CN1C2=CCCC=C2C(C)(C)C12C=Nc1c(cc(N3CCC(O)CC3)c3ccccc13)O2. The molecule has 2 saturated heterocycles. The molecule has 3 aliphatic heterocycles. The molecule has 0 amide bonds. The van der Waals surface area contributed by atoms with E-state index in [1.165, 1.54) is 22.3 Å². The van der Waals surface area contributed by atoms with Crippen LogP contribution in [0, 0.1) is 5.41 Å². The summed E-state index contributed by atoms with van der Waals surface area (Å²) in [6.07, 6.45) is 10.3. The van der Waals surface area contributed by atoms with Gasteiger partial charge in [0.1, 0.15) is 5.69 Å². The van der Waals surface area contributed by atoms with Crippen LogP contribution in [-0.4, -0.2) is 48.2 Å². The number of ether oxygens (including phenoxy) is 1. The molecule has 1 unspecified atom stereocenters. The third-order valence-electron chi connectivity index (χ3n) is 7.96. The Labute approximate surface area is 189 Å². The maximum absolute atomic E-state index is 10.0. The van der Waals surface area contributed by atoms with Gasteiger partial charge in [0, 0.05) is 48.4 Å². The number of hydrogen-bond donors (Lipinski definition) is 1. The fourth-order valence-electron chi connectivity index (χ4n) is 6.03. The summed E-state index contributed by atoms with van der Waals surface area (Å²) in [7, 11) is 2.13. The van der Waals surface area contributed by atoms with Crippen molar-refractivity contribution in [2.24, 2.45) is 10.4 Å². The van der Waals surface area contributed by atoms with E-state index in [9.17, 15) is 5.11 Å². The predicted molar refractivity (Wildman–Crippen MR) is 130 cm³/mol. The number of rotatable bonds is 1. The van der Waals surface area contributed by atoms with Crippen molar-refractivity contribution in [3.63, 3.8) is 0 Å². The van der Waals surface area contributed by atoms with Gasteiger partial charge >= 0.3 is 0 Å². The van der Waals surface area contributed by atoms with Crippen LogP contribution in [0.4, 0.5) is 11.4 Å². The van der Waals surface area contributed by atoms with Crippen LogP contribution in [0.25, 0.3) is 10.8 Å². The van der Waals surface area contributed by atoms with E-state index in [1.54, 1.807) is 0 Å². The van der Waals surface area contributed by atoms with Crippen molar-refractivity contribution in [3.05, 3.63) is 53.8 Å². The van der Waals surface area contributed by atoms with Crippen LogP contribution in [-0.2, 0) is 0 Å². The molecule has 6 rings (SSSR count). The first-order valence-electron chi connectivity index (χ1n) is 11.8. The maximum atomic E-state index is 10.0. The fourth-order valence-corrected chi connectivity index (χ4v) is 6.03. The third kappa shape index (κ3) is 2.57. The van der Waals surface area contributed by atoms with Gasteiger partial charge in [-0.05, 0) is 45.1 Å². The molecule has 0 bridgehead atoms. The van der Waals surface area contributed by atoms with E-state index in [2.05, 4.69) is 73.2 Å². The van der Waals surface area contributed by atoms with E-state index in [0.717, 1.165) is 55.6 Å². The smallest absolute Gasteiger partial charge is 0.228 e. The molecule has 2 aromatic carbocycles. The first kappa shape index (κ1) is 19.9. The fraction of sp³-hybridized carbons (Fsp3) is 0.444. The largest absolute Gasteiger partial charge is 0.459 e. The minimum Gasteiger partial charge on any atom is -0.459 e. The Morgan fingerprint density at radius 3 is 2.53 bits per heavy atom. The minimum atomic E-state index is -0.653. The van der Waals surface area contributed by atoms with E-state index in [0.29, 0.717) is 0 Å². The summed E-state index contributed by atoms with van der Waals surface area (Å²) in [6, 6.07) is 10.7. The molecule has 5 nitrogen and oxygen atoms in total. The van der Waals surface area contributed by atoms with Crippen molar-refractivity contribution < 1.29 is 9.84 Å². The number of likely N-dealkylation sites (N-methyl/N-ethyl adjacent to an activating group) is 1. The number of anilines is 1. The number of fused-ring (bicyclic) bond motifs is 4. The highest BCUT2D eigenvalue weighted by Crippen LogP contribution is 2.57. The second kappa shape index (κ2) is 6.85. The Morgan fingerprint density at radius 2 is 1.78 bits per heavy atom. The number of benzene rings is 2. The molecule has 32 heavy (non-hydrogen) atoms. The Bertz CT molecular complexity index is 1190. The molecule has 2 fully saturated rings. The molecule has 3 heterocycles. The highest BCUT2D eigenvalue weighted by molar-refractivity contribution is 6.05. The number of piperidine rings is 1. The van der Waals surface area contributed by atoms with Gasteiger partial charge in [-0.1, -0.05) is 36.4 Å². The van der Waals surface area contributed by atoms with Gasteiger partial charge in [-0.2, -0.15) is 0 Å². The second-order valence-corrected chi connectivity index (χ2v) is 10.0. The number of aliphatic imine (C=N–C) groups is 1. The Kier molecular flexibility index (Phi) is 4.25. The first-order chi connectivity index (χ1) is 15.4. The summed E-state index contributed by atoms with van der Waals surface area (Å²) in [4.78, 5) is 9.72. The molecule has 0 aromatic heterocycles. The monoisotopic (exact) mass is 429 g/mol. The number of aliphatic hydroxyl groups excluding tert-OH is 1. The zero-order chi connectivity index (χ0) is 22.1. The average Bonchev–Trinajstić information content (AvgIpc) is 2.97. The summed E-state index contributed by atoms with van der Waals surface area (Å²) in [5.74, 6) is 0.840. The van der Waals surface area contributed by atoms with Gasteiger partial charge in [0.25, 0.3) is 0 Å². The molecular formula is C27H31N3O2. The van der Waals surface area contributed by atoms with Crippen molar-refractivity contribution >= 4 is 28.4 Å². The van der Waals surface area contributed by atoms with Gasteiger partial charge in [-0.3, -0.25) is 4.99 Å². The molecule has 5 heteroatoms. The standard InChI is InChI=1S/C27H31N3O2/c1-26(2)21-10-6-7-11-22(21)29(3)27(26)17-28-25-20-9-5-4-8-19(20)23(16-24(25)32-27)30-14-12-18(31)13-15-30/h4-5,8-11,16-18,31H,6-7,12-15H2,1-3H3. The lowest BCUT2D eigenvalue weighted by atomic mass is 9.76. The summed E-state index contributed by atoms with van der Waals surface area (Å²) in [5.41, 5.74) is 3.83. The number of likely N-dealkylation sites (tertiary alicyclic amines) is 1. The van der Waals surface area contributed by atoms with Crippen molar-refractivity contribution in [1.29, 1.82) is 0 Å². The molecular weight excluding hydrogens is 398 g/mol. The lowest BCUT2D eigenvalue weighted by Crippen LogP contribution is -2.57. The summed E-state index contributed by atoms with van der Waals surface area (Å²) >= 11 is 0. The number of hydrogen-bond acceptors (Lipinski definition) is 5. The quantitative estimate of drug-likeness (QED) is 0.680. The average molecular weight is 430 g/mol. The van der Waals surface area contributed by atoms with E-state index in [-0.39, 0.29) is 11.5 Å². The summed E-state index contributed by atoms with van der Waals surface area (Å²) in [6.45, 7) is 6.24. The third-order valence-corrected chi connectivity index (χ3v) is 7.96. The van der Waals surface area contributed by atoms with Gasteiger partial charge in [-0.25, -0.2) is 0 Å². The van der Waals surface area contributed by atoms with Gasteiger partial charge < -0.3 is 19.6 Å². The number of aliphatic hydroxyl groups is 1. The van der Waals surface area contributed by atoms with Gasteiger partial charge in [0.15, 0.2) is 5.75 Å². The lowest BCUT2D eigenvalue weighted by molar-refractivity contribution is -0.0314. The van der Waals surface area contributed by atoms with E-state index >= 15 is 0 Å². The Morgan fingerprint density at radius 1 is 1.06 bits per heavy atom. The minimum absolute atomic E-state index is 0.197. The van der Waals surface area contributed by atoms with E-state index in [4.69, 9.17) is 9.73 Å². The zero-order valence-corrected chi connectivity index (χ0v) is 19.1. The molecule has 4 aliphatic rings. The van der Waals surface area contributed by atoms with Crippen molar-refractivity contribution in [2.75, 3.05) is 25.0 Å². The molecule has 1 aliphatic carbocycles.